The van der Waals surface area contributed by atoms with Crippen molar-refractivity contribution in [2.45, 2.75) is 44.2 Å². The highest BCUT2D eigenvalue weighted by atomic mass is 19.3. The second-order valence-corrected chi connectivity index (χ2v) is 6.88. The fraction of sp³-hybridized carbons (Fsp3) is 0.474. The number of halogens is 2. The van der Waals surface area contributed by atoms with Crippen molar-refractivity contribution in [2.75, 3.05) is 18.6 Å². The first-order valence-corrected chi connectivity index (χ1v) is 9.41. The van der Waals surface area contributed by atoms with E-state index < -0.39 is 19.0 Å². The van der Waals surface area contributed by atoms with Crippen LogP contribution in [-0.4, -0.2) is 53.1 Å². The molecule has 156 valence electrons. The normalized spacial score (nSPS) is 19.1. The van der Waals surface area contributed by atoms with Gasteiger partial charge in [-0.3, -0.25) is 4.90 Å². The van der Waals surface area contributed by atoms with Gasteiger partial charge in [-0.05, 0) is 37.8 Å². The van der Waals surface area contributed by atoms with Crippen LogP contribution in [0.25, 0.3) is 11.1 Å². The summed E-state index contributed by atoms with van der Waals surface area (Å²) in [5, 5.41) is 2.28. The maximum Gasteiger partial charge on any atom is 0.323 e. The number of nitrogens with one attached hydrogen (secondary N) is 1. The molecule has 3 rings (SSSR count). The van der Waals surface area contributed by atoms with E-state index in [-0.39, 0.29) is 18.1 Å². The van der Waals surface area contributed by atoms with Gasteiger partial charge in [-0.15, -0.1) is 0 Å². The summed E-state index contributed by atoms with van der Waals surface area (Å²) in [5.74, 6) is 0.399. The van der Waals surface area contributed by atoms with Crippen molar-refractivity contribution in [2.24, 2.45) is 5.73 Å². The summed E-state index contributed by atoms with van der Waals surface area (Å²) in [7, 11) is 1.48. The van der Waals surface area contributed by atoms with Gasteiger partial charge in [0.15, 0.2) is 0 Å². The van der Waals surface area contributed by atoms with Gasteiger partial charge in [-0.1, -0.05) is 0 Å². The molecule has 2 aromatic heterocycles. The summed E-state index contributed by atoms with van der Waals surface area (Å²) < 4.78 is 30.1. The van der Waals surface area contributed by atoms with Crippen LogP contribution in [0.5, 0.6) is 6.01 Å². The Morgan fingerprint density at radius 3 is 2.38 bits per heavy atom. The second-order valence-electron chi connectivity index (χ2n) is 6.88. The molecule has 3 N–H and O–H groups in total. The zero-order chi connectivity index (χ0) is 20.8. The molecule has 1 aliphatic carbocycles. The van der Waals surface area contributed by atoms with Crippen molar-refractivity contribution in [1.82, 2.24) is 20.3 Å². The number of nitrogens with zero attached hydrogens (tertiary/aromatic N) is 4. The Morgan fingerprint density at radius 1 is 1.17 bits per heavy atom. The Labute approximate surface area is 167 Å². The monoisotopic (exact) mass is 406 g/mol. The summed E-state index contributed by atoms with van der Waals surface area (Å²) in [4.78, 5) is 26.6. The number of alkyl halides is 2. The van der Waals surface area contributed by atoms with E-state index in [2.05, 4.69) is 20.3 Å². The lowest BCUT2D eigenvalue weighted by molar-refractivity contribution is 0.146. The second kappa shape index (κ2) is 9.55. The van der Waals surface area contributed by atoms with Crippen LogP contribution >= 0.6 is 0 Å². The number of hydrogen-bond acceptors (Lipinski definition) is 6. The molecular formula is C19H24F2N6O2. The number of carbonyl (C=O) groups is 1. The minimum absolute atomic E-state index is 0.0997. The third-order valence-corrected chi connectivity index (χ3v) is 4.87. The first-order chi connectivity index (χ1) is 14.0. The lowest BCUT2D eigenvalue weighted by Gasteiger charge is -2.35. The number of urea groups is 1. The fourth-order valence-corrected chi connectivity index (χ4v) is 3.34. The SMILES string of the molecule is COc1ncc(-c2ccc(N(C(=O)NCC(F)F)C3CCC(N)CC3)nc2)cn1. The quantitative estimate of drug-likeness (QED) is 0.764. The summed E-state index contributed by atoms with van der Waals surface area (Å²) in [5.41, 5.74) is 7.46. The molecule has 10 heteroatoms. The number of carbonyl (C=O) groups excluding carboxylic acids is 1. The van der Waals surface area contributed by atoms with Crippen molar-refractivity contribution in [3.63, 3.8) is 0 Å². The number of aromatic nitrogens is 3. The van der Waals surface area contributed by atoms with Crippen LogP contribution in [0.4, 0.5) is 19.4 Å². The van der Waals surface area contributed by atoms with Crippen LogP contribution in [0.2, 0.25) is 0 Å². The summed E-state index contributed by atoms with van der Waals surface area (Å²) in [6, 6.07) is 3.11. The molecule has 8 nitrogen and oxygen atoms in total. The number of pyridine rings is 1. The van der Waals surface area contributed by atoms with E-state index in [1.807, 2.05) is 0 Å². The van der Waals surface area contributed by atoms with Crippen molar-refractivity contribution >= 4 is 11.8 Å². The lowest BCUT2D eigenvalue weighted by atomic mass is 9.91. The van der Waals surface area contributed by atoms with E-state index in [0.717, 1.165) is 24.0 Å². The molecule has 2 amide bonds. The molecule has 0 aromatic carbocycles. The van der Waals surface area contributed by atoms with Crippen LogP contribution in [-0.2, 0) is 0 Å². The van der Waals surface area contributed by atoms with Gasteiger partial charge in [0, 0.05) is 41.8 Å². The molecule has 1 fully saturated rings. The molecule has 0 radical (unpaired) electrons. The number of methoxy groups -OCH3 is 1. The highest BCUT2D eigenvalue weighted by Crippen LogP contribution is 2.27. The maximum atomic E-state index is 12.6. The van der Waals surface area contributed by atoms with Gasteiger partial charge in [0.25, 0.3) is 6.43 Å². The van der Waals surface area contributed by atoms with Crippen LogP contribution in [0.15, 0.2) is 30.7 Å². The molecular weight excluding hydrogens is 382 g/mol. The predicted molar refractivity (Wildman–Crippen MR) is 104 cm³/mol. The van der Waals surface area contributed by atoms with E-state index in [9.17, 15) is 13.6 Å². The number of rotatable bonds is 6. The van der Waals surface area contributed by atoms with Crippen molar-refractivity contribution in [3.8, 4) is 17.1 Å². The van der Waals surface area contributed by atoms with E-state index in [0.29, 0.717) is 18.7 Å². The first kappa shape index (κ1) is 20.8. The highest BCUT2D eigenvalue weighted by molar-refractivity contribution is 5.91. The molecule has 2 aromatic rings. The number of amides is 2. The van der Waals surface area contributed by atoms with Gasteiger partial charge in [0.2, 0.25) is 0 Å². The van der Waals surface area contributed by atoms with E-state index in [4.69, 9.17) is 10.5 Å². The van der Waals surface area contributed by atoms with Crippen LogP contribution in [0, 0.1) is 0 Å². The highest BCUT2D eigenvalue weighted by Gasteiger charge is 2.30. The number of hydrogen-bond donors (Lipinski definition) is 2. The minimum atomic E-state index is -2.62. The zero-order valence-corrected chi connectivity index (χ0v) is 16.1. The Balaban J connectivity index is 1.81. The molecule has 0 spiro atoms. The topological polar surface area (TPSA) is 106 Å². The Bertz CT molecular complexity index is 795. The average molecular weight is 406 g/mol. The standard InChI is InChI=1S/C19H24F2N6O2/c1-29-18-24-9-13(10-25-18)12-2-7-17(23-8-12)27(19(28)26-11-16(20)21)15-5-3-14(22)4-6-15/h2,7-10,14-16H,3-6,11,22H2,1H3,(H,26,28). The average Bonchev–Trinajstić information content (AvgIpc) is 2.74. The predicted octanol–water partition coefficient (Wildman–Crippen LogP) is 2.60. The summed E-state index contributed by atoms with van der Waals surface area (Å²) in [6.45, 7) is -0.706. The zero-order valence-electron chi connectivity index (χ0n) is 16.1. The van der Waals surface area contributed by atoms with Gasteiger partial charge in [-0.25, -0.2) is 28.5 Å². The van der Waals surface area contributed by atoms with E-state index in [1.54, 1.807) is 30.7 Å². The minimum Gasteiger partial charge on any atom is -0.467 e. The molecule has 0 aliphatic heterocycles. The van der Waals surface area contributed by atoms with Gasteiger partial charge >= 0.3 is 12.0 Å². The smallest absolute Gasteiger partial charge is 0.323 e. The first-order valence-electron chi connectivity index (χ1n) is 9.41. The van der Waals surface area contributed by atoms with Crippen molar-refractivity contribution in [3.05, 3.63) is 30.7 Å². The summed E-state index contributed by atoms with van der Waals surface area (Å²) >= 11 is 0. The number of anilines is 1. The molecule has 0 atom stereocenters. The van der Waals surface area contributed by atoms with Gasteiger partial charge < -0.3 is 15.8 Å². The molecule has 1 saturated carbocycles. The molecule has 0 saturated heterocycles. The largest absolute Gasteiger partial charge is 0.467 e. The third kappa shape index (κ3) is 5.35. The Kier molecular flexibility index (Phi) is 6.86. The van der Waals surface area contributed by atoms with Gasteiger partial charge in [0.1, 0.15) is 5.82 Å². The van der Waals surface area contributed by atoms with Crippen molar-refractivity contribution in [1.29, 1.82) is 0 Å². The van der Waals surface area contributed by atoms with Gasteiger partial charge in [-0.2, -0.15) is 0 Å². The van der Waals surface area contributed by atoms with E-state index in [1.165, 1.54) is 12.0 Å². The molecule has 29 heavy (non-hydrogen) atoms. The molecule has 0 bridgehead atoms. The Hall–Kier alpha value is -2.88. The van der Waals surface area contributed by atoms with Crippen LogP contribution in [0.1, 0.15) is 25.7 Å². The number of ether oxygens (including phenoxy) is 1. The third-order valence-electron chi connectivity index (χ3n) is 4.87. The molecule has 0 unspecified atom stereocenters. The van der Waals surface area contributed by atoms with Crippen LogP contribution in [0.3, 0.4) is 0 Å². The Morgan fingerprint density at radius 2 is 1.83 bits per heavy atom. The summed E-state index contributed by atoms with van der Waals surface area (Å²) in [6.07, 6.45) is 5.12. The fourth-order valence-electron chi connectivity index (χ4n) is 3.34. The van der Waals surface area contributed by atoms with Crippen molar-refractivity contribution < 1.29 is 18.3 Å². The van der Waals surface area contributed by atoms with E-state index >= 15 is 0 Å². The number of nitrogens with two attached hydrogens (primary N) is 1. The molecule has 1 aliphatic rings. The maximum absolute atomic E-state index is 12.6. The molecule has 2 heterocycles. The van der Waals surface area contributed by atoms with Crippen LogP contribution < -0.4 is 20.7 Å². The van der Waals surface area contributed by atoms with Gasteiger partial charge in [0.05, 0.1) is 13.7 Å². The lowest BCUT2D eigenvalue weighted by Crippen LogP contribution is -2.50.